The Kier molecular flexibility index (Phi) is 11.9. The smallest absolute Gasteiger partial charge is 0.191 e. The Bertz CT molecular complexity index is 509. The second kappa shape index (κ2) is 13.3. The summed E-state index contributed by atoms with van der Waals surface area (Å²) in [6.07, 6.45) is 2.36. The number of rotatable bonds is 8. The van der Waals surface area contributed by atoms with Gasteiger partial charge in [-0.3, -0.25) is 9.89 Å². The summed E-state index contributed by atoms with van der Waals surface area (Å²) in [5.74, 6) is 0.881. The first-order valence-electron chi connectivity index (χ1n) is 9.72. The summed E-state index contributed by atoms with van der Waals surface area (Å²) in [6, 6.07) is 8.97. The molecule has 1 fully saturated rings. The van der Waals surface area contributed by atoms with Crippen molar-refractivity contribution in [3.05, 3.63) is 35.4 Å². The number of piperazine rings is 1. The first kappa shape index (κ1) is 23.2. The number of aliphatic imine (C=N–C) groups is 1. The Labute approximate surface area is 176 Å². The molecule has 1 heterocycles. The van der Waals surface area contributed by atoms with E-state index < -0.39 is 0 Å². The van der Waals surface area contributed by atoms with E-state index >= 15 is 0 Å². The summed E-state index contributed by atoms with van der Waals surface area (Å²) in [5, 5.41) is 6.72. The molecule has 0 spiro atoms. The maximum absolute atomic E-state index is 4.27. The lowest BCUT2D eigenvalue weighted by Gasteiger charge is -2.34. The van der Waals surface area contributed by atoms with Crippen LogP contribution < -0.4 is 10.6 Å². The van der Waals surface area contributed by atoms with Gasteiger partial charge in [0.15, 0.2) is 5.96 Å². The molecule has 2 N–H and O–H groups in total. The van der Waals surface area contributed by atoms with E-state index in [1.165, 1.54) is 56.7 Å². The Hall–Kier alpha value is -0.860. The Morgan fingerprint density at radius 2 is 1.58 bits per heavy atom. The largest absolute Gasteiger partial charge is 0.356 e. The molecule has 148 valence electrons. The van der Waals surface area contributed by atoms with E-state index in [-0.39, 0.29) is 24.0 Å². The molecule has 0 saturated carbocycles. The third kappa shape index (κ3) is 8.22. The van der Waals surface area contributed by atoms with Gasteiger partial charge in [-0.25, -0.2) is 0 Å². The molecular formula is C20H36IN5. The van der Waals surface area contributed by atoms with Crippen LogP contribution in [0.2, 0.25) is 0 Å². The summed E-state index contributed by atoms with van der Waals surface area (Å²) in [4.78, 5) is 9.34. The molecule has 1 aromatic carbocycles. The van der Waals surface area contributed by atoms with Gasteiger partial charge in [-0.15, -0.1) is 24.0 Å². The predicted molar refractivity (Wildman–Crippen MR) is 122 cm³/mol. The standard InChI is InChI=1S/C20H35N5.HI/c1-4-6-11-22-20(21-3)23-16-18-7-9-19(10-8-18)17-25-14-12-24(5-2)13-15-25;/h7-10H,4-6,11-17H2,1-3H3,(H2,21,22,23);1H. The Morgan fingerprint density at radius 1 is 0.962 bits per heavy atom. The molecule has 1 aliphatic rings. The quantitative estimate of drug-likeness (QED) is 0.264. The van der Waals surface area contributed by atoms with E-state index in [4.69, 9.17) is 0 Å². The van der Waals surface area contributed by atoms with Crippen LogP contribution in [-0.4, -0.2) is 62.1 Å². The number of unbranched alkanes of at least 4 members (excludes halogenated alkanes) is 1. The number of benzene rings is 1. The Balaban J connectivity index is 0.00000338. The summed E-state index contributed by atoms with van der Waals surface area (Å²) in [6.45, 7) is 13.2. The number of hydrogen-bond acceptors (Lipinski definition) is 3. The molecule has 0 atom stereocenters. The maximum Gasteiger partial charge on any atom is 0.191 e. The zero-order valence-electron chi connectivity index (χ0n) is 16.6. The highest BCUT2D eigenvalue weighted by Gasteiger charge is 2.15. The van der Waals surface area contributed by atoms with Crippen molar-refractivity contribution in [3.63, 3.8) is 0 Å². The zero-order chi connectivity index (χ0) is 17.9. The van der Waals surface area contributed by atoms with Gasteiger partial charge in [-0.05, 0) is 24.1 Å². The molecule has 0 bridgehead atoms. The van der Waals surface area contributed by atoms with Crippen LogP contribution in [0.1, 0.15) is 37.8 Å². The van der Waals surface area contributed by atoms with E-state index in [0.29, 0.717) is 0 Å². The van der Waals surface area contributed by atoms with Gasteiger partial charge >= 0.3 is 0 Å². The van der Waals surface area contributed by atoms with Crippen molar-refractivity contribution in [1.29, 1.82) is 0 Å². The summed E-state index contributed by atoms with van der Waals surface area (Å²) in [5.41, 5.74) is 2.69. The van der Waals surface area contributed by atoms with Crippen molar-refractivity contribution in [1.82, 2.24) is 20.4 Å². The highest BCUT2D eigenvalue weighted by atomic mass is 127. The minimum atomic E-state index is 0. The van der Waals surface area contributed by atoms with Crippen molar-refractivity contribution in [2.24, 2.45) is 4.99 Å². The molecule has 1 aliphatic heterocycles. The van der Waals surface area contributed by atoms with Crippen LogP contribution in [0.4, 0.5) is 0 Å². The lowest BCUT2D eigenvalue weighted by Crippen LogP contribution is -2.45. The third-order valence-electron chi connectivity index (χ3n) is 4.85. The topological polar surface area (TPSA) is 42.9 Å². The second-order valence-electron chi connectivity index (χ2n) is 6.73. The molecule has 26 heavy (non-hydrogen) atoms. The molecule has 0 amide bonds. The molecule has 0 aliphatic carbocycles. The van der Waals surface area contributed by atoms with Crippen molar-refractivity contribution < 1.29 is 0 Å². The fourth-order valence-corrected chi connectivity index (χ4v) is 3.07. The van der Waals surface area contributed by atoms with Gasteiger partial charge in [-0.2, -0.15) is 0 Å². The third-order valence-corrected chi connectivity index (χ3v) is 4.85. The minimum Gasteiger partial charge on any atom is -0.356 e. The molecule has 2 rings (SSSR count). The molecule has 0 aromatic heterocycles. The number of guanidine groups is 1. The fourth-order valence-electron chi connectivity index (χ4n) is 3.07. The van der Waals surface area contributed by atoms with Crippen LogP contribution in [0.3, 0.4) is 0 Å². The van der Waals surface area contributed by atoms with Crippen molar-refractivity contribution in [2.75, 3.05) is 46.3 Å². The summed E-state index contributed by atoms with van der Waals surface area (Å²) in [7, 11) is 1.82. The SMILES string of the molecule is CCCCNC(=NC)NCc1ccc(CN2CCN(CC)CC2)cc1.I. The average molecular weight is 473 g/mol. The Morgan fingerprint density at radius 3 is 2.15 bits per heavy atom. The van der Waals surface area contributed by atoms with E-state index in [1.807, 2.05) is 7.05 Å². The van der Waals surface area contributed by atoms with Crippen LogP contribution >= 0.6 is 24.0 Å². The number of halogens is 1. The number of likely N-dealkylation sites (N-methyl/N-ethyl adjacent to an activating group) is 1. The minimum absolute atomic E-state index is 0. The molecule has 0 unspecified atom stereocenters. The first-order chi connectivity index (χ1) is 12.2. The monoisotopic (exact) mass is 473 g/mol. The molecule has 6 heteroatoms. The van der Waals surface area contributed by atoms with Crippen molar-refractivity contribution in [2.45, 2.75) is 39.8 Å². The summed E-state index contributed by atoms with van der Waals surface area (Å²) >= 11 is 0. The van der Waals surface area contributed by atoms with Crippen LogP contribution in [0.5, 0.6) is 0 Å². The van der Waals surface area contributed by atoms with E-state index in [2.05, 4.69) is 63.5 Å². The maximum atomic E-state index is 4.27. The van der Waals surface area contributed by atoms with Gasteiger partial charge in [0.05, 0.1) is 0 Å². The van der Waals surface area contributed by atoms with E-state index in [1.54, 1.807) is 0 Å². The van der Waals surface area contributed by atoms with Gasteiger partial charge < -0.3 is 15.5 Å². The predicted octanol–water partition coefficient (Wildman–Crippen LogP) is 2.91. The lowest BCUT2D eigenvalue weighted by atomic mass is 10.1. The molecule has 1 saturated heterocycles. The first-order valence-corrected chi connectivity index (χ1v) is 9.72. The highest BCUT2D eigenvalue weighted by Crippen LogP contribution is 2.10. The second-order valence-corrected chi connectivity index (χ2v) is 6.73. The van der Waals surface area contributed by atoms with Crippen LogP contribution in [-0.2, 0) is 13.1 Å². The molecule has 0 radical (unpaired) electrons. The van der Waals surface area contributed by atoms with Crippen LogP contribution in [0.15, 0.2) is 29.3 Å². The van der Waals surface area contributed by atoms with Crippen molar-refractivity contribution >= 4 is 29.9 Å². The van der Waals surface area contributed by atoms with Gasteiger partial charge in [0.25, 0.3) is 0 Å². The van der Waals surface area contributed by atoms with Crippen molar-refractivity contribution in [3.8, 4) is 0 Å². The van der Waals surface area contributed by atoms with Gasteiger partial charge in [0.2, 0.25) is 0 Å². The van der Waals surface area contributed by atoms with Gasteiger partial charge in [0, 0.05) is 52.9 Å². The highest BCUT2D eigenvalue weighted by molar-refractivity contribution is 14.0. The number of nitrogens with one attached hydrogen (secondary N) is 2. The lowest BCUT2D eigenvalue weighted by molar-refractivity contribution is 0.132. The van der Waals surface area contributed by atoms with Crippen LogP contribution in [0.25, 0.3) is 0 Å². The van der Waals surface area contributed by atoms with E-state index in [0.717, 1.165) is 25.6 Å². The van der Waals surface area contributed by atoms with E-state index in [9.17, 15) is 0 Å². The fraction of sp³-hybridized carbons (Fsp3) is 0.650. The molecular weight excluding hydrogens is 437 g/mol. The average Bonchev–Trinajstić information content (AvgIpc) is 2.66. The number of nitrogens with zero attached hydrogens (tertiary/aromatic N) is 3. The summed E-state index contributed by atoms with van der Waals surface area (Å²) < 4.78 is 0. The van der Waals surface area contributed by atoms with Gasteiger partial charge in [0.1, 0.15) is 0 Å². The zero-order valence-corrected chi connectivity index (χ0v) is 19.0. The van der Waals surface area contributed by atoms with Crippen LogP contribution in [0, 0.1) is 0 Å². The van der Waals surface area contributed by atoms with Gasteiger partial charge in [-0.1, -0.05) is 44.5 Å². The number of hydrogen-bond donors (Lipinski definition) is 2. The normalized spacial score (nSPS) is 16.2. The molecule has 1 aromatic rings. The molecule has 5 nitrogen and oxygen atoms in total.